The molecule has 0 aliphatic heterocycles. The third-order valence-electron chi connectivity index (χ3n) is 2.62. The molecule has 2 aromatic carbocycles. The molecule has 0 aliphatic rings. The molecule has 0 amide bonds. The third-order valence-corrected chi connectivity index (χ3v) is 4.47. The van der Waals surface area contributed by atoms with E-state index in [0.29, 0.717) is 16.7 Å². The maximum Gasteiger partial charge on any atom is 0.140 e. The summed E-state index contributed by atoms with van der Waals surface area (Å²) in [5.41, 5.74) is 8.74. The van der Waals surface area contributed by atoms with E-state index in [4.69, 9.17) is 5.73 Å². The smallest absolute Gasteiger partial charge is 0.140 e. The normalized spacial score (nSPS) is 11.2. The first-order valence-electron chi connectivity index (χ1n) is 5.09. The minimum Gasteiger partial charge on any atom is -0.506 e. The van der Waals surface area contributed by atoms with Crippen molar-refractivity contribution < 1.29 is 5.11 Å². The highest BCUT2D eigenvalue weighted by molar-refractivity contribution is 9.13. The van der Waals surface area contributed by atoms with Crippen LogP contribution in [-0.2, 0) is 0 Å². The van der Waals surface area contributed by atoms with Gasteiger partial charge in [0, 0.05) is 15.0 Å². The maximum atomic E-state index is 9.58. The number of rotatable bonds is 0. The minimum absolute atomic E-state index is 0.0207. The largest absolute Gasteiger partial charge is 0.506 e. The zero-order chi connectivity index (χ0) is 12.9. The van der Waals surface area contributed by atoms with Crippen LogP contribution >= 0.6 is 31.9 Å². The van der Waals surface area contributed by atoms with Crippen LogP contribution in [0.2, 0.25) is 0 Å². The molecule has 1 aromatic heterocycles. The Morgan fingerprint density at radius 2 is 1.28 bits per heavy atom. The lowest BCUT2D eigenvalue weighted by molar-refractivity contribution is 0.478. The highest BCUT2D eigenvalue weighted by Crippen LogP contribution is 2.30. The fourth-order valence-corrected chi connectivity index (χ4v) is 2.39. The van der Waals surface area contributed by atoms with Gasteiger partial charge in [-0.25, -0.2) is 9.97 Å². The Balaban J connectivity index is 2.43. The summed E-state index contributed by atoms with van der Waals surface area (Å²) in [5, 5.41) is 9.58. The number of phenolic OH excluding ortho intramolecular Hbond substituents is 1. The molecule has 3 aromatic rings. The first kappa shape index (κ1) is 11.7. The van der Waals surface area contributed by atoms with Crippen molar-refractivity contribution >= 4 is 59.6 Å². The second-order valence-electron chi connectivity index (χ2n) is 3.88. The molecule has 18 heavy (non-hydrogen) atoms. The van der Waals surface area contributed by atoms with Crippen LogP contribution in [0.25, 0.3) is 22.1 Å². The van der Waals surface area contributed by atoms with E-state index in [-0.39, 0.29) is 5.75 Å². The average molecular weight is 369 g/mol. The summed E-state index contributed by atoms with van der Waals surface area (Å²) in [5.74, 6) is 0.0207. The van der Waals surface area contributed by atoms with Gasteiger partial charge in [-0.3, -0.25) is 0 Å². The maximum absolute atomic E-state index is 9.58. The number of aromatic hydroxyl groups is 1. The Kier molecular flexibility index (Phi) is 2.64. The van der Waals surface area contributed by atoms with Gasteiger partial charge in [0.05, 0.1) is 27.8 Å². The summed E-state index contributed by atoms with van der Waals surface area (Å²) >= 11 is 6.85. The number of hydrogen-bond acceptors (Lipinski definition) is 4. The molecule has 1 heterocycles. The SMILES string of the molecule is Nc1cc2nc3cc(Br)c(Br)cc3nc2cc1O. The van der Waals surface area contributed by atoms with Crippen molar-refractivity contribution in [1.29, 1.82) is 0 Å². The Morgan fingerprint density at radius 1 is 0.833 bits per heavy atom. The summed E-state index contributed by atoms with van der Waals surface area (Å²) in [4.78, 5) is 8.93. The van der Waals surface area contributed by atoms with Gasteiger partial charge in [0.1, 0.15) is 5.75 Å². The lowest BCUT2D eigenvalue weighted by Gasteiger charge is -2.05. The van der Waals surface area contributed by atoms with Crippen LogP contribution in [0.4, 0.5) is 5.69 Å². The molecular formula is C12H7Br2N3O. The van der Waals surface area contributed by atoms with E-state index in [1.165, 1.54) is 6.07 Å². The van der Waals surface area contributed by atoms with Gasteiger partial charge in [0.15, 0.2) is 0 Å². The highest BCUT2D eigenvalue weighted by Gasteiger charge is 2.07. The van der Waals surface area contributed by atoms with Crippen molar-refractivity contribution in [3.8, 4) is 5.75 Å². The molecule has 0 fully saturated rings. The molecule has 90 valence electrons. The van der Waals surface area contributed by atoms with Crippen LogP contribution in [0.5, 0.6) is 5.75 Å². The Bertz CT molecular complexity index is 660. The summed E-state index contributed by atoms with van der Waals surface area (Å²) < 4.78 is 1.82. The number of hydrogen-bond donors (Lipinski definition) is 2. The third kappa shape index (κ3) is 1.81. The van der Waals surface area contributed by atoms with E-state index in [9.17, 15) is 5.11 Å². The minimum atomic E-state index is 0.0207. The Labute approximate surface area is 119 Å². The second kappa shape index (κ2) is 4.07. The predicted octanol–water partition coefficient (Wildman–Crippen LogP) is 3.60. The molecule has 0 bridgehead atoms. The molecule has 4 nitrogen and oxygen atoms in total. The summed E-state index contributed by atoms with van der Waals surface area (Å²) in [6, 6.07) is 6.90. The molecular weight excluding hydrogens is 362 g/mol. The topological polar surface area (TPSA) is 72.0 Å². The molecule has 0 unspecified atom stereocenters. The number of aromatic nitrogens is 2. The number of halogens is 2. The van der Waals surface area contributed by atoms with Crippen molar-refractivity contribution in [1.82, 2.24) is 9.97 Å². The van der Waals surface area contributed by atoms with E-state index < -0.39 is 0 Å². The van der Waals surface area contributed by atoms with E-state index >= 15 is 0 Å². The van der Waals surface area contributed by atoms with Crippen LogP contribution in [0.15, 0.2) is 33.2 Å². The lowest BCUT2D eigenvalue weighted by atomic mass is 10.2. The van der Waals surface area contributed by atoms with Gasteiger partial charge >= 0.3 is 0 Å². The van der Waals surface area contributed by atoms with Crippen LogP contribution in [-0.4, -0.2) is 15.1 Å². The monoisotopic (exact) mass is 367 g/mol. The van der Waals surface area contributed by atoms with Crippen LogP contribution < -0.4 is 5.73 Å². The quantitative estimate of drug-likeness (QED) is 0.361. The zero-order valence-corrected chi connectivity index (χ0v) is 12.2. The Morgan fingerprint density at radius 3 is 1.83 bits per heavy atom. The van der Waals surface area contributed by atoms with Gasteiger partial charge in [-0.2, -0.15) is 0 Å². The molecule has 0 spiro atoms. The first-order valence-corrected chi connectivity index (χ1v) is 6.68. The van der Waals surface area contributed by atoms with Crippen molar-refractivity contribution in [2.75, 3.05) is 5.73 Å². The number of nitrogen functional groups attached to an aromatic ring is 1. The van der Waals surface area contributed by atoms with Gasteiger partial charge in [0.25, 0.3) is 0 Å². The van der Waals surface area contributed by atoms with Gasteiger partial charge in [-0.05, 0) is 50.1 Å². The predicted molar refractivity (Wildman–Crippen MR) is 78.5 cm³/mol. The van der Waals surface area contributed by atoms with Crippen molar-refractivity contribution in [2.45, 2.75) is 0 Å². The molecule has 0 aliphatic carbocycles. The van der Waals surface area contributed by atoms with E-state index in [1.54, 1.807) is 6.07 Å². The molecule has 3 N–H and O–H groups in total. The second-order valence-corrected chi connectivity index (χ2v) is 5.59. The fraction of sp³-hybridized carbons (Fsp3) is 0. The molecule has 0 radical (unpaired) electrons. The first-order chi connectivity index (χ1) is 8.54. The van der Waals surface area contributed by atoms with Gasteiger partial charge in [-0.1, -0.05) is 0 Å². The molecule has 0 saturated carbocycles. The van der Waals surface area contributed by atoms with Crippen molar-refractivity contribution in [3.05, 3.63) is 33.2 Å². The van der Waals surface area contributed by atoms with Crippen molar-refractivity contribution in [3.63, 3.8) is 0 Å². The number of nitrogens with two attached hydrogens (primary N) is 1. The average Bonchev–Trinajstić information content (AvgIpc) is 2.31. The van der Waals surface area contributed by atoms with Gasteiger partial charge < -0.3 is 10.8 Å². The lowest BCUT2D eigenvalue weighted by Crippen LogP contribution is -1.91. The highest BCUT2D eigenvalue weighted by atomic mass is 79.9. The standard InChI is InChI=1S/C12H7Br2N3O/c13-5-1-8-9(2-6(5)14)17-11-4-12(18)7(15)3-10(11)16-8/h1-4,18H,15H2. The molecule has 0 saturated heterocycles. The summed E-state index contributed by atoms with van der Waals surface area (Å²) in [6.45, 7) is 0. The van der Waals surface area contributed by atoms with Crippen LogP contribution in [0.1, 0.15) is 0 Å². The van der Waals surface area contributed by atoms with Gasteiger partial charge in [-0.15, -0.1) is 0 Å². The number of benzene rings is 2. The number of phenols is 1. The van der Waals surface area contributed by atoms with Crippen LogP contribution in [0, 0.1) is 0 Å². The van der Waals surface area contributed by atoms with E-state index in [0.717, 1.165) is 20.0 Å². The summed E-state index contributed by atoms with van der Waals surface area (Å²) in [7, 11) is 0. The molecule has 6 heteroatoms. The van der Waals surface area contributed by atoms with Crippen LogP contribution in [0.3, 0.4) is 0 Å². The number of nitrogens with zero attached hydrogens (tertiary/aromatic N) is 2. The molecule has 3 rings (SSSR count). The molecule has 0 atom stereocenters. The Hall–Kier alpha value is -1.40. The van der Waals surface area contributed by atoms with Gasteiger partial charge in [0.2, 0.25) is 0 Å². The van der Waals surface area contributed by atoms with E-state index in [1.807, 2.05) is 12.1 Å². The number of anilines is 1. The van der Waals surface area contributed by atoms with Crippen molar-refractivity contribution in [2.24, 2.45) is 0 Å². The zero-order valence-electron chi connectivity index (χ0n) is 8.98. The fourth-order valence-electron chi connectivity index (χ4n) is 1.73. The summed E-state index contributed by atoms with van der Waals surface area (Å²) in [6.07, 6.45) is 0. The number of fused-ring (bicyclic) bond motifs is 2. The van der Waals surface area contributed by atoms with E-state index in [2.05, 4.69) is 41.8 Å².